The van der Waals surface area contributed by atoms with Gasteiger partial charge in [0.15, 0.2) is 11.3 Å². The molecule has 7 heteroatoms. The van der Waals surface area contributed by atoms with Crippen molar-refractivity contribution in [3.05, 3.63) is 28.7 Å². The van der Waals surface area contributed by atoms with Gasteiger partial charge in [0.1, 0.15) is 5.56 Å². The Morgan fingerprint density at radius 3 is 2.41 bits per heavy atom. The SMILES string of the molecule is Cc1nn2c(C(=O)O)c(C(=O)O)cnc2c1C. The third-order valence-corrected chi connectivity index (χ3v) is 2.54. The molecule has 0 radical (unpaired) electrons. The Labute approximate surface area is 95.3 Å². The van der Waals surface area contributed by atoms with Gasteiger partial charge in [0.25, 0.3) is 0 Å². The first-order chi connectivity index (χ1) is 7.93. The predicted octanol–water partition coefficient (Wildman–Crippen LogP) is 0.743. The van der Waals surface area contributed by atoms with E-state index in [9.17, 15) is 9.59 Å². The summed E-state index contributed by atoms with van der Waals surface area (Å²) in [4.78, 5) is 25.9. The molecule has 2 rings (SSSR count). The molecule has 17 heavy (non-hydrogen) atoms. The number of carboxylic acid groups (broad SMARTS) is 2. The van der Waals surface area contributed by atoms with Crippen molar-refractivity contribution in [2.24, 2.45) is 0 Å². The Kier molecular flexibility index (Phi) is 2.31. The fraction of sp³-hybridized carbons (Fsp3) is 0.200. The quantitative estimate of drug-likeness (QED) is 0.795. The Hall–Kier alpha value is -2.44. The van der Waals surface area contributed by atoms with E-state index in [0.29, 0.717) is 11.3 Å². The molecule has 7 nitrogen and oxygen atoms in total. The van der Waals surface area contributed by atoms with Crippen molar-refractivity contribution in [2.45, 2.75) is 13.8 Å². The second-order valence-electron chi connectivity index (χ2n) is 3.58. The summed E-state index contributed by atoms with van der Waals surface area (Å²) in [6.07, 6.45) is 1.04. The summed E-state index contributed by atoms with van der Waals surface area (Å²) in [5.74, 6) is -2.69. The van der Waals surface area contributed by atoms with Crippen LogP contribution in [0.3, 0.4) is 0 Å². The molecular formula is C10H9N3O4. The van der Waals surface area contributed by atoms with Crippen LogP contribution in [-0.2, 0) is 0 Å². The van der Waals surface area contributed by atoms with Crippen LogP contribution in [0.1, 0.15) is 32.1 Å². The third kappa shape index (κ3) is 1.52. The first-order valence-corrected chi connectivity index (χ1v) is 4.75. The number of rotatable bonds is 2. The summed E-state index contributed by atoms with van der Waals surface area (Å²) in [7, 11) is 0. The minimum Gasteiger partial charge on any atom is -0.478 e. The number of aromatic carboxylic acids is 2. The molecule has 0 saturated heterocycles. The van der Waals surface area contributed by atoms with E-state index in [2.05, 4.69) is 10.1 Å². The Morgan fingerprint density at radius 2 is 1.88 bits per heavy atom. The van der Waals surface area contributed by atoms with Gasteiger partial charge in [-0.25, -0.2) is 19.1 Å². The largest absolute Gasteiger partial charge is 0.478 e. The van der Waals surface area contributed by atoms with Crippen molar-refractivity contribution in [3.63, 3.8) is 0 Å². The Morgan fingerprint density at radius 1 is 1.24 bits per heavy atom. The molecule has 0 amide bonds. The Bertz CT molecular complexity index is 645. The van der Waals surface area contributed by atoms with E-state index >= 15 is 0 Å². The summed E-state index contributed by atoms with van der Waals surface area (Å²) < 4.78 is 1.05. The molecule has 0 aliphatic carbocycles. The van der Waals surface area contributed by atoms with Gasteiger partial charge in [-0.3, -0.25) is 0 Å². The van der Waals surface area contributed by atoms with E-state index in [1.807, 2.05) is 0 Å². The molecule has 0 saturated carbocycles. The summed E-state index contributed by atoms with van der Waals surface area (Å²) >= 11 is 0. The van der Waals surface area contributed by atoms with E-state index in [-0.39, 0.29) is 5.56 Å². The maximum atomic E-state index is 11.1. The third-order valence-electron chi connectivity index (χ3n) is 2.54. The number of carboxylic acids is 2. The number of carbonyl (C=O) groups is 2. The number of fused-ring (bicyclic) bond motifs is 1. The molecule has 0 spiro atoms. The van der Waals surface area contributed by atoms with Crippen LogP contribution in [0, 0.1) is 13.8 Å². The molecule has 0 unspecified atom stereocenters. The second-order valence-corrected chi connectivity index (χ2v) is 3.58. The fourth-order valence-corrected chi connectivity index (χ4v) is 1.56. The zero-order valence-corrected chi connectivity index (χ0v) is 9.13. The van der Waals surface area contributed by atoms with Gasteiger partial charge in [-0.2, -0.15) is 5.10 Å². The van der Waals surface area contributed by atoms with E-state index in [0.717, 1.165) is 16.3 Å². The van der Waals surface area contributed by atoms with Gasteiger partial charge in [0.2, 0.25) is 0 Å². The molecule has 2 aromatic rings. The van der Waals surface area contributed by atoms with Crippen LogP contribution in [0.25, 0.3) is 5.65 Å². The zero-order chi connectivity index (χ0) is 12.7. The highest BCUT2D eigenvalue weighted by atomic mass is 16.4. The maximum absolute atomic E-state index is 11.1. The normalized spacial score (nSPS) is 10.7. The van der Waals surface area contributed by atoms with Crippen LogP contribution in [0.2, 0.25) is 0 Å². The molecule has 0 fully saturated rings. The lowest BCUT2D eigenvalue weighted by molar-refractivity contribution is 0.0643. The minimum atomic E-state index is -1.35. The highest BCUT2D eigenvalue weighted by Gasteiger charge is 2.22. The van der Waals surface area contributed by atoms with Crippen LogP contribution < -0.4 is 0 Å². The number of hydrogen-bond acceptors (Lipinski definition) is 4. The van der Waals surface area contributed by atoms with E-state index in [4.69, 9.17) is 10.2 Å². The van der Waals surface area contributed by atoms with Gasteiger partial charge < -0.3 is 10.2 Å². The van der Waals surface area contributed by atoms with Crippen LogP contribution in [0.5, 0.6) is 0 Å². The fourth-order valence-electron chi connectivity index (χ4n) is 1.56. The molecule has 0 aromatic carbocycles. The molecule has 2 N–H and O–H groups in total. The lowest BCUT2D eigenvalue weighted by atomic mass is 10.2. The molecule has 2 heterocycles. The second kappa shape index (κ2) is 3.55. The van der Waals surface area contributed by atoms with E-state index in [1.54, 1.807) is 13.8 Å². The standard InChI is InChI=1S/C10H9N3O4/c1-4-5(2)12-13-7(10(16)17)6(9(14)15)3-11-8(4)13/h3H,1-2H3,(H,14,15)(H,16,17). The number of aromatic nitrogens is 3. The summed E-state index contributed by atoms with van der Waals surface area (Å²) in [6.45, 7) is 3.45. The average Bonchev–Trinajstić information content (AvgIpc) is 2.53. The van der Waals surface area contributed by atoms with Crippen molar-refractivity contribution < 1.29 is 19.8 Å². The Balaban J connectivity index is 2.94. The van der Waals surface area contributed by atoms with Gasteiger partial charge in [0, 0.05) is 11.8 Å². The van der Waals surface area contributed by atoms with E-state index in [1.165, 1.54) is 0 Å². The van der Waals surface area contributed by atoms with Gasteiger partial charge in [-0.15, -0.1) is 0 Å². The molecule has 0 aliphatic heterocycles. The first kappa shape index (κ1) is 11.1. The van der Waals surface area contributed by atoms with Crippen LogP contribution in [0.15, 0.2) is 6.20 Å². The van der Waals surface area contributed by atoms with Gasteiger partial charge in [0.05, 0.1) is 5.69 Å². The molecule has 88 valence electrons. The van der Waals surface area contributed by atoms with E-state index < -0.39 is 17.6 Å². The summed E-state index contributed by atoms with van der Waals surface area (Å²) in [6, 6.07) is 0. The highest BCUT2D eigenvalue weighted by Crippen LogP contribution is 2.16. The van der Waals surface area contributed by atoms with Crippen molar-refractivity contribution >= 4 is 17.6 Å². The lowest BCUT2D eigenvalue weighted by Crippen LogP contribution is -2.15. The van der Waals surface area contributed by atoms with Gasteiger partial charge in [-0.1, -0.05) is 0 Å². The monoisotopic (exact) mass is 235 g/mol. The zero-order valence-electron chi connectivity index (χ0n) is 9.13. The molecule has 0 atom stereocenters. The van der Waals surface area contributed by atoms with Crippen LogP contribution >= 0.6 is 0 Å². The average molecular weight is 235 g/mol. The first-order valence-electron chi connectivity index (χ1n) is 4.75. The van der Waals surface area contributed by atoms with Crippen LogP contribution in [-0.4, -0.2) is 36.7 Å². The van der Waals surface area contributed by atoms with Crippen molar-refractivity contribution in [1.82, 2.24) is 14.6 Å². The molecular weight excluding hydrogens is 226 g/mol. The van der Waals surface area contributed by atoms with Gasteiger partial charge in [-0.05, 0) is 13.8 Å². The maximum Gasteiger partial charge on any atom is 0.355 e. The summed E-state index contributed by atoms with van der Waals surface area (Å²) in [5.41, 5.74) is 0.920. The highest BCUT2D eigenvalue weighted by molar-refractivity contribution is 6.00. The van der Waals surface area contributed by atoms with Crippen molar-refractivity contribution in [2.75, 3.05) is 0 Å². The molecule has 0 bridgehead atoms. The van der Waals surface area contributed by atoms with Crippen molar-refractivity contribution in [3.8, 4) is 0 Å². The lowest BCUT2D eigenvalue weighted by Gasteiger charge is -2.03. The van der Waals surface area contributed by atoms with Crippen LogP contribution in [0.4, 0.5) is 0 Å². The predicted molar refractivity (Wildman–Crippen MR) is 56.4 cm³/mol. The van der Waals surface area contributed by atoms with Gasteiger partial charge >= 0.3 is 11.9 Å². The smallest absolute Gasteiger partial charge is 0.355 e. The number of aryl methyl sites for hydroxylation is 2. The number of hydrogen-bond donors (Lipinski definition) is 2. The summed E-state index contributed by atoms with van der Waals surface area (Å²) in [5, 5.41) is 22.0. The van der Waals surface area contributed by atoms with Crippen molar-refractivity contribution in [1.29, 1.82) is 0 Å². The number of nitrogens with zero attached hydrogens (tertiary/aromatic N) is 3. The minimum absolute atomic E-state index is 0.352. The molecule has 0 aliphatic rings. The topological polar surface area (TPSA) is 105 Å². The molecule has 2 aromatic heterocycles.